The molecule has 1 heterocycles. The number of thiazole rings is 1. The fourth-order valence-corrected chi connectivity index (χ4v) is 3.26. The lowest BCUT2D eigenvalue weighted by atomic mass is 9.84. The summed E-state index contributed by atoms with van der Waals surface area (Å²) in [5, 5.41) is 4.74. The van der Waals surface area contributed by atoms with E-state index < -0.39 is 0 Å². The number of hydrogen-bond donors (Lipinski definition) is 1. The lowest BCUT2D eigenvalue weighted by molar-refractivity contribution is 0.243. The highest BCUT2D eigenvalue weighted by Gasteiger charge is 2.54. The standard InChI is InChI=1S/C12H20N2S/c1-8-9(2)15-10(14-8)12(4,13-5)11(3)6-7-11/h13H,6-7H2,1-5H3. The summed E-state index contributed by atoms with van der Waals surface area (Å²) in [7, 11) is 2.05. The quantitative estimate of drug-likeness (QED) is 0.853. The molecule has 84 valence electrons. The molecule has 15 heavy (non-hydrogen) atoms. The Balaban J connectivity index is 2.42. The maximum absolute atomic E-state index is 4.72. The molecule has 0 radical (unpaired) electrons. The molecule has 0 saturated heterocycles. The predicted molar refractivity (Wildman–Crippen MR) is 65.3 cm³/mol. The third-order valence-electron chi connectivity index (χ3n) is 4.16. The molecule has 1 unspecified atom stereocenters. The average Bonchev–Trinajstić information content (AvgIpc) is 2.86. The molecule has 2 nitrogen and oxygen atoms in total. The van der Waals surface area contributed by atoms with Gasteiger partial charge in [0.2, 0.25) is 0 Å². The molecule has 0 spiro atoms. The molecule has 0 bridgehead atoms. The smallest absolute Gasteiger partial charge is 0.113 e. The molecule has 2 rings (SSSR count). The van der Waals surface area contributed by atoms with Crippen LogP contribution in [-0.2, 0) is 5.54 Å². The van der Waals surface area contributed by atoms with Crippen LogP contribution in [0.5, 0.6) is 0 Å². The minimum Gasteiger partial charge on any atom is -0.308 e. The maximum Gasteiger partial charge on any atom is 0.113 e. The van der Waals surface area contributed by atoms with Crippen molar-refractivity contribution in [2.75, 3.05) is 7.05 Å². The molecule has 1 N–H and O–H groups in total. The second-order valence-electron chi connectivity index (χ2n) is 5.10. The Morgan fingerprint density at radius 2 is 2.00 bits per heavy atom. The summed E-state index contributed by atoms with van der Waals surface area (Å²) in [6.07, 6.45) is 2.62. The first-order chi connectivity index (χ1) is 6.93. The molecular formula is C12H20N2S. The average molecular weight is 224 g/mol. The second kappa shape index (κ2) is 3.29. The van der Waals surface area contributed by atoms with Crippen molar-refractivity contribution in [2.24, 2.45) is 5.41 Å². The van der Waals surface area contributed by atoms with Gasteiger partial charge in [-0.2, -0.15) is 0 Å². The van der Waals surface area contributed by atoms with Gasteiger partial charge in [-0.25, -0.2) is 4.98 Å². The van der Waals surface area contributed by atoms with E-state index in [1.54, 1.807) is 0 Å². The lowest BCUT2D eigenvalue weighted by Crippen LogP contribution is -2.44. The minimum absolute atomic E-state index is 0.0523. The van der Waals surface area contributed by atoms with Gasteiger partial charge in [-0.05, 0) is 46.1 Å². The van der Waals surface area contributed by atoms with Crippen LogP contribution in [0.4, 0.5) is 0 Å². The SMILES string of the molecule is CNC(C)(c1nc(C)c(C)s1)C1(C)CC1. The molecule has 0 aliphatic heterocycles. The van der Waals surface area contributed by atoms with Gasteiger partial charge in [-0.15, -0.1) is 11.3 Å². The Labute approximate surface area is 96.1 Å². The Bertz CT molecular complexity index is 359. The fourth-order valence-electron chi connectivity index (χ4n) is 2.04. The lowest BCUT2D eigenvalue weighted by Gasteiger charge is -2.34. The van der Waals surface area contributed by atoms with E-state index in [1.807, 2.05) is 11.3 Å². The van der Waals surface area contributed by atoms with E-state index in [9.17, 15) is 0 Å². The van der Waals surface area contributed by atoms with Gasteiger partial charge in [0.1, 0.15) is 5.01 Å². The highest BCUT2D eigenvalue weighted by Crippen LogP contribution is 2.58. The topological polar surface area (TPSA) is 24.9 Å². The normalized spacial score (nSPS) is 22.5. The van der Waals surface area contributed by atoms with Crippen molar-refractivity contribution in [3.05, 3.63) is 15.6 Å². The van der Waals surface area contributed by atoms with Crippen molar-refractivity contribution in [3.8, 4) is 0 Å². The zero-order valence-electron chi connectivity index (χ0n) is 10.3. The monoisotopic (exact) mass is 224 g/mol. The van der Waals surface area contributed by atoms with E-state index in [1.165, 1.54) is 28.4 Å². The molecule has 1 aliphatic rings. The number of rotatable bonds is 3. The zero-order chi connectivity index (χ0) is 11.3. The molecular weight excluding hydrogens is 204 g/mol. The summed E-state index contributed by atoms with van der Waals surface area (Å²) in [5.74, 6) is 0. The van der Waals surface area contributed by atoms with E-state index in [2.05, 4.69) is 40.1 Å². The van der Waals surface area contributed by atoms with Gasteiger partial charge in [0.05, 0.1) is 11.2 Å². The van der Waals surface area contributed by atoms with Gasteiger partial charge >= 0.3 is 0 Å². The number of hydrogen-bond acceptors (Lipinski definition) is 3. The van der Waals surface area contributed by atoms with Gasteiger partial charge in [0, 0.05) is 4.88 Å². The van der Waals surface area contributed by atoms with Crippen LogP contribution in [0.25, 0.3) is 0 Å². The third kappa shape index (κ3) is 1.53. The van der Waals surface area contributed by atoms with Crippen LogP contribution in [0.1, 0.15) is 42.3 Å². The van der Waals surface area contributed by atoms with Gasteiger partial charge in [-0.3, -0.25) is 0 Å². The van der Waals surface area contributed by atoms with Crippen molar-refractivity contribution in [3.63, 3.8) is 0 Å². The van der Waals surface area contributed by atoms with Crippen LogP contribution in [0.3, 0.4) is 0 Å². The summed E-state index contributed by atoms with van der Waals surface area (Å²) in [5.41, 5.74) is 1.63. The number of nitrogens with one attached hydrogen (secondary N) is 1. The number of nitrogens with zero attached hydrogens (tertiary/aromatic N) is 1. The molecule has 1 aliphatic carbocycles. The molecule has 0 aromatic carbocycles. The molecule has 1 aromatic heterocycles. The van der Waals surface area contributed by atoms with Crippen molar-refractivity contribution >= 4 is 11.3 Å². The van der Waals surface area contributed by atoms with E-state index in [4.69, 9.17) is 4.98 Å². The zero-order valence-corrected chi connectivity index (χ0v) is 11.1. The first-order valence-electron chi connectivity index (χ1n) is 5.56. The van der Waals surface area contributed by atoms with Crippen LogP contribution in [0, 0.1) is 19.3 Å². The van der Waals surface area contributed by atoms with Gasteiger partial charge in [0.15, 0.2) is 0 Å². The molecule has 0 amide bonds. The van der Waals surface area contributed by atoms with Gasteiger partial charge in [-0.1, -0.05) is 6.92 Å². The Hall–Kier alpha value is -0.410. The number of aromatic nitrogens is 1. The first kappa shape index (κ1) is 11.1. The van der Waals surface area contributed by atoms with Gasteiger partial charge < -0.3 is 5.32 Å². The predicted octanol–water partition coefficient (Wildman–Crippen LogP) is 2.99. The second-order valence-corrected chi connectivity index (χ2v) is 6.30. The first-order valence-corrected chi connectivity index (χ1v) is 6.38. The highest BCUT2D eigenvalue weighted by atomic mass is 32.1. The fraction of sp³-hybridized carbons (Fsp3) is 0.750. The van der Waals surface area contributed by atoms with E-state index in [0.717, 1.165) is 0 Å². The molecule has 1 aromatic rings. The molecule has 3 heteroatoms. The van der Waals surface area contributed by atoms with Crippen molar-refractivity contribution in [2.45, 2.75) is 46.1 Å². The van der Waals surface area contributed by atoms with Gasteiger partial charge in [0.25, 0.3) is 0 Å². The summed E-state index contributed by atoms with van der Waals surface area (Å²) < 4.78 is 0. The highest BCUT2D eigenvalue weighted by molar-refractivity contribution is 7.11. The van der Waals surface area contributed by atoms with Crippen molar-refractivity contribution < 1.29 is 0 Å². The number of aryl methyl sites for hydroxylation is 2. The Morgan fingerprint density at radius 3 is 2.33 bits per heavy atom. The van der Waals surface area contributed by atoms with E-state index in [0.29, 0.717) is 5.41 Å². The summed E-state index contributed by atoms with van der Waals surface area (Å²) in [6.45, 7) is 8.90. The van der Waals surface area contributed by atoms with E-state index in [-0.39, 0.29) is 5.54 Å². The largest absolute Gasteiger partial charge is 0.308 e. The van der Waals surface area contributed by atoms with Crippen LogP contribution >= 0.6 is 11.3 Å². The van der Waals surface area contributed by atoms with Crippen LogP contribution in [0.15, 0.2) is 0 Å². The summed E-state index contributed by atoms with van der Waals surface area (Å²) in [4.78, 5) is 6.06. The third-order valence-corrected chi connectivity index (χ3v) is 5.46. The van der Waals surface area contributed by atoms with Crippen LogP contribution in [-0.4, -0.2) is 12.0 Å². The molecule has 1 saturated carbocycles. The summed E-state index contributed by atoms with van der Waals surface area (Å²) in [6, 6.07) is 0. The van der Waals surface area contributed by atoms with Crippen molar-refractivity contribution in [1.82, 2.24) is 10.3 Å². The van der Waals surface area contributed by atoms with Crippen LogP contribution < -0.4 is 5.32 Å². The van der Waals surface area contributed by atoms with E-state index >= 15 is 0 Å². The minimum atomic E-state index is 0.0523. The molecule has 1 atom stereocenters. The summed E-state index contributed by atoms with van der Waals surface area (Å²) >= 11 is 1.84. The Kier molecular flexibility index (Phi) is 2.43. The van der Waals surface area contributed by atoms with Crippen LogP contribution in [0.2, 0.25) is 0 Å². The van der Waals surface area contributed by atoms with Crippen molar-refractivity contribution in [1.29, 1.82) is 0 Å². The maximum atomic E-state index is 4.72. The Morgan fingerprint density at radius 1 is 1.40 bits per heavy atom. The molecule has 1 fully saturated rings.